The van der Waals surface area contributed by atoms with Crippen LogP contribution in [0.4, 0.5) is 4.39 Å². The summed E-state index contributed by atoms with van der Waals surface area (Å²) in [5, 5.41) is 6.30. The van der Waals surface area contributed by atoms with Gasteiger partial charge in [0.25, 0.3) is 0 Å². The quantitative estimate of drug-likeness (QED) is 0.618. The lowest BCUT2D eigenvalue weighted by atomic mass is 10.3. The zero-order chi connectivity index (χ0) is 11.9. The Bertz CT molecular complexity index is 383. The van der Waals surface area contributed by atoms with Gasteiger partial charge in [0.2, 0.25) is 0 Å². The molecule has 18 heavy (non-hydrogen) atoms. The van der Waals surface area contributed by atoms with E-state index >= 15 is 0 Å². The predicted octanol–water partition coefficient (Wildman–Crippen LogP) is 1.76. The predicted molar refractivity (Wildman–Crippen MR) is 80.2 cm³/mol. The Morgan fingerprint density at radius 3 is 2.78 bits per heavy atom. The van der Waals surface area contributed by atoms with Gasteiger partial charge in [-0.3, -0.25) is 4.99 Å². The molecule has 0 aliphatic carbocycles. The van der Waals surface area contributed by atoms with Crippen molar-refractivity contribution in [2.75, 3.05) is 26.2 Å². The second-order valence-electron chi connectivity index (χ2n) is 3.74. The Morgan fingerprint density at radius 2 is 2.11 bits per heavy atom. The van der Waals surface area contributed by atoms with Gasteiger partial charge >= 0.3 is 0 Å². The number of guanidine groups is 1. The van der Waals surface area contributed by atoms with E-state index < -0.39 is 0 Å². The molecule has 0 saturated heterocycles. The number of ether oxygens (including phenoxy) is 1. The lowest BCUT2D eigenvalue weighted by Gasteiger charge is -2.08. The van der Waals surface area contributed by atoms with Crippen LogP contribution in [0, 0.1) is 5.82 Å². The third-order valence-electron chi connectivity index (χ3n) is 2.37. The molecule has 2 rings (SSSR count). The lowest BCUT2D eigenvalue weighted by Crippen LogP contribution is -2.34. The maximum atomic E-state index is 12.6. The molecule has 100 valence electrons. The topological polar surface area (TPSA) is 45.6 Å². The fourth-order valence-corrected chi connectivity index (χ4v) is 1.52. The molecule has 6 heteroatoms. The largest absolute Gasteiger partial charge is 0.494 e. The van der Waals surface area contributed by atoms with Crippen molar-refractivity contribution in [1.82, 2.24) is 10.6 Å². The first-order valence-electron chi connectivity index (χ1n) is 5.75. The van der Waals surface area contributed by atoms with E-state index in [4.69, 9.17) is 4.74 Å². The SMILES string of the molecule is Fc1ccc(OCCCNC2=NCCN2)cc1.I. The van der Waals surface area contributed by atoms with Crippen LogP contribution in [0.25, 0.3) is 0 Å². The first-order valence-corrected chi connectivity index (χ1v) is 5.75. The monoisotopic (exact) mass is 365 g/mol. The third-order valence-corrected chi connectivity index (χ3v) is 2.37. The van der Waals surface area contributed by atoms with Gasteiger partial charge < -0.3 is 15.4 Å². The molecule has 4 nitrogen and oxygen atoms in total. The Hall–Kier alpha value is -1.05. The molecule has 1 aromatic carbocycles. The standard InChI is InChI=1S/C12H16FN3O.HI/c13-10-2-4-11(5-3-10)17-9-1-6-14-12-15-7-8-16-12;/h2-5H,1,6-9H2,(H2,14,15,16);1H. The molecule has 1 aromatic rings. The molecular weight excluding hydrogens is 348 g/mol. The smallest absolute Gasteiger partial charge is 0.191 e. The van der Waals surface area contributed by atoms with Crippen molar-refractivity contribution in [3.63, 3.8) is 0 Å². The van der Waals surface area contributed by atoms with Crippen molar-refractivity contribution in [2.45, 2.75) is 6.42 Å². The number of aliphatic imine (C=N–C) groups is 1. The minimum Gasteiger partial charge on any atom is -0.494 e. The number of hydrogen-bond acceptors (Lipinski definition) is 4. The van der Waals surface area contributed by atoms with E-state index in [9.17, 15) is 4.39 Å². The maximum absolute atomic E-state index is 12.6. The summed E-state index contributed by atoms with van der Waals surface area (Å²) < 4.78 is 18.1. The molecule has 1 aliphatic rings. The van der Waals surface area contributed by atoms with Crippen LogP contribution >= 0.6 is 24.0 Å². The van der Waals surface area contributed by atoms with Crippen molar-refractivity contribution in [1.29, 1.82) is 0 Å². The van der Waals surface area contributed by atoms with E-state index in [1.165, 1.54) is 12.1 Å². The van der Waals surface area contributed by atoms with Crippen LogP contribution in [0.5, 0.6) is 5.75 Å². The van der Waals surface area contributed by atoms with Crippen LogP contribution in [-0.4, -0.2) is 32.2 Å². The minimum atomic E-state index is -0.246. The first-order chi connectivity index (χ1) is 8.34. The van der Waals surface area contributed by atoms with E-state index in [1.54, 1.807) is 12.1 Å². The van der Waals surface area contributed by atoms with Gasteiger partial charge in [-0.25, -0.2) is 4.39 Å². The molecule has 0 aromatic heterocycles. The molecule has 0 saturated carbocycles. The van der Waals surface area contributed by atoms with E-state index in [0.717, 1.165) is 32.0 Å². The number of nitrogens with one attached hydrogen (secondary N) is 2. The highest BCUT2D eigenvalue weighted by molar-refractivity contribution is 14.0. The van der Waals surface area contributed by atoms with Gasteiger partial charge in [0.15, 0.2) is 5.96 Å². The van der Waals surface area contributed by atoms with Gasteiger partial charge in [0.05, 0.1) is 13.2 Å². The van der Waals surface area contributed by atoms with Gasteiger partial charge in [-0.1, -0.05) is 0 Å². The van der Waals surface area contributed by atoms with Crippen molar-refractivity contribution in [3.8, 4) is 5.75 Å². The summed E-state index contributed by atoms with van der Waals surface area (Å²) >= 11 is 0. The van der Waals surface area contributed by atoms with E-state index in [1.807, 2.05) is 0 Å². The second-order valence-corrected chi connectivity index (χ2v) is 3.74. The van der Waals surface area contributed by atoms with Crippen LogP contribution < -0.4 is 15.4 Å². The number of hydrogen-bond donors (Lipinski definition) is 2. The molecule has 0 atom stereocenters. The molecule has 1 aliphatic heterocycles. The molecule has 0 spiro atoms. The van der Waals surface area contributed by atoms with Crippen molar-refractivity contribution in [2.24, 2.45) is 4.99 Å². The first kappa shape index (κ1) is 15.0. The Kier molecular flexibility index (Phi) is 6.77. The molecule has 0 radical (unpaired) electrons. The molecular formula is C12H17FIN3O. The number of rotatable bonds is 5. The summed E-state index contributed by atoms with van der Waals surface area (Å²) in [6.45, 7) is 3.17. The fourth-order valence-electron chi connectivity index (χ4n) is 1.52. The van der Waals surface area contributed by atoms with Crippen LogP contribution in [0.1, 0.15) is 6.42 Å². The van der Waals surface area contributed by atoms with Crippen molar-refractivity contribution < 1.29 is 9.13 Å². The minimum absolute atomic E-state index is 0. The van der Waals surface area contributed by atoms with E-state index in [-0.39, 0.29) is 29.8 Å². The summed E-state index contributed by atoms with van der Waals surface area (Å²) in [6, 6.07) is 6.05. The Morgan fingerprint density at radius 1 is 1.33 bits per heavy atom. The van der Waals surface area contributed by atoms with E-state index in [2.05, 4.69) is 15.6 Å². The molecule has 1 heterocycles. The molecule has 2 N–H and O–H groups in total. The molecule has 0 unspecified atom stereocenters. The van der Waals surface area contributed by atoms with Crippen LogP contribution in [-0.2, 0) is 0 Å². The van der Waals surface area contributed by atoms with Crippen molar-refractivity contribution >= 4 is 29.9 Å². The normalized spacial score (nSPS) is 13.3. The van der Waals surface area contributed by atoms with Gasteiger partial charge in [0, 0.05) is 13.1 Å². The van der Waals surface area contributed by atoms with Gasteiger partial charge in [-0.2, -0.15) is 0 Å². The van der Waals surface area contributed by atoms with Crippen LogP contribution in [0.3, 0.4) is 0 Å². The van der Waals surface area contributed by atoms with Gasteiger partial charge in [-0.05, 0) is 30.7 Å². The average molecular weight is 365 g/mol. The fraction of sp³-hybridized carbons (Fsp3) is 0.417. The highest BCUT2D eigenvalue weighted by atomic mass is 127. The zero-order valence-electron chi connectivity index (χ0n) is 9.99. The molecule has 0 amide bonds. The lowest BCUT2D eigenvalue weighted by molar-refractivity contribution is 0.311. The number of nitrogens with zero attached hydrogens (tertiary/aromatic N) is 1. The highest BCUT2D eigenvalue weighted by Gasteiger charge is 2.02. The van der Waals surface area contributed by atoms with Crippen LogP contribution in [0.15, 0.2) is 29.3 Å². The maximum Gasteiger partial charge on any atom is 0.191 e. The molecule has 0 fully saturated rings. The summed E-state index contributed by atoms with van der Waals surface area (Å²) in [5.74, 6) is 1.32. The zero-order valence-corrected chi connectivity index (χ0v) is 12.3. The summed E-state index contributed by atoms with van der Waals surface area (Å²) in [7, 11) is 0. The van der Waals surface area contributed by atoms with Gasteiger partial charge in [-0.15, -0.1) is 24.0 Å². The Balaban J connectivity index is 0.00000162. The summed E-state index contributed by atoms with van der Waals surface area (Å²) in [5.41, 5.74) is 0. The van der Waals surface area contributed by atoms with Crippen LogP contribution in [0.2, 0.25) is 0 Å². The summed E-state index contributed by atoms with van der Waals surface area (Å²) in [4.78, 5) is 4.21. The summed E-state index contributed by atoms with van der Waals surface area (Å²) in [6.07, 6.45) is 0.873. The van der Waals surface area contributed by atoms with Crippen molar-refractivity contribution in [3.05, 3.63) is 30.1 Å². The van der Waals surface area contributed by atoms with E-state index in [0.29, 0.717) is 12.4 Å². The number of halogens is 2. The average Bonchev–Trinajstić information content (AvgIpc) is 2.84. The number of benzene rings is 1. The highest BCUT2D eigenvalue weighted by Crippen LogP contribution is 2.10. The Labute approximate surface area is 123 Å². The molecule has 0 bridgehead atoms. The second kappa shape index (κ2) is 8.12. The third kappa shape index (κ3) is 5.07. The van der Waals surface area contributed by atoms with Gasteiger partial charge in [0.1, 0.15) is 11.6 Å².